The Kier molecular flexibility index (Phi) is 4.19. The van der Waals surface area contributed by atoms with Crippen LogP contribution in [0.3, 0.4) is 0 Å². The Balaban J connectivity index is 2.30. The van der Waals surface area contributed by atoms with Crippen molar-refractivity contribution in [2.75, 3.05) is 18.5 Å². The molecule has 1 aromatic rings. The van der Waals surface area contributed by atoms with E-state index in [9.17, 15) is 9.59 Å². The summed E-state index contributed by atoms with van der Waals surface area (Å²) >= 11 is 0. The van der Waals surface area contributed by atoms with E-state index in [0.717, 1.165) is 5.69 Å². The Hall–Kier alpha value is -2.15. The molecule has 1 aliphatic heterocycles. The second kappa shape index (κ2) is 5.87. The van der Waals surface area contributed by atoms with Crippen LogP contribution in [0.5, 0.6) is 0 Å². The van der Waals surface area contributed by atoms with Gasteiger partial charge in [-0.3, -0.25) is 9.59 Å². The molecule has 2 amide bonds. The summed E-state index contributed by atoms with van der Waals surface area (Å²) in [4.78, 5) is 30.0. The van der Waals surface area contributed by atoms with Gasteiger partial charge < -0.3 is 15.6 Å². The number of aryl methyl sites for hydroxylation is 1. The van der Waals surface area contributed by atoms with Gasteiger partial charge in [-0.2, -0.15) is 0 Å². The van der Waals surface area contributed by atoms with E-state index in [4.69, 9.17) is 5.84 Å². The molecule has 20 heavy (non-hydrogen) atoms. The summed E-state index contributed by atoms with van der Waals surface area (Å²) in [5.41, 5.74) is 3.73. The maximum Gasteiger partial charge on any atom is 0.254 e. The summed E-state index contributed by atoms with van der Waals surface area (Å²) in [6.07, 6.45) is 0.700. The molecule has 1 aromatic heterocycles. The van der Waals surface area contributed by atoms with Crippen LogP contribution in [-0.2, 0) is 11.2 Å². The lowest BCUT2D eigenvalue weighted by molar-refractivity contribution is -0.127. The Morgan fingerprint density at radius 2 is 2.35 bits per heavy atom. The summed E-state index contributed by atoms with van der Waals surface area (Å²) in [5.74, 6) is 5.50. The van der Waals surface area contributed by atoms with Crippen LogP contribution >= 0.6 is 0 Å². The van der Waals surface area contributed by atoms with Gasteiger partial charge in [0.2, 0.25) is 5.91 Å². The zero-order valence-electron chi connectivity index (χ0n) is 11.6. The lowest BCUT2D eigenvalue weighted by Crippen LogP contribution is -2.55. The lowest BCUT2D eigenvalue weighted by atomic mass is 10.1. The maximum atomic E-state index is 12.5. The molecule has 2 heterocycles. The van der Waals surface area contributed by atoms with Crippen LogP contribution in [0.2, 0.25) is 0 Å². The van der Waals surface area contributed by atoms with Crippen LogP contribution in [0.15, 0.2) is 12.1 Å². The number of amides is 2. The standard InChI is InChI=1S/C13H19N5O2/c1-3-10-6-9(7-11(16-10)17-14)13(20)18-5-4-15-12(19)8(18)2/h6-8H,3-5,14H2,1-2H3,(H,15,19)(H,16,17). The van der Waals surface area contributed by atoms with E-state index in [1.807, 2.05) is 6.92 Å². The molecule has 1 fully saturated rings. The minimum absolute atomic E-state index is 0.133. The number of aromatic nitrogens is 1. The van der Waals surface area contributed by atoms with Crippen molar-refractivity contribution in [3.63, 3.8) is 0 Å². The predicted molar refractivity (Wildman–Crippen MR) is 74.9 cm³/mol. The van der Waals surface area contributed by atoms with Crippen molar-refractivity contribution in [2.24, 2.45) is 5.84 Å². The minimum Gasteiger partial charge on any atom is -0.353 e. The van der Waals surface area contributed by atoms with Gasteiger partial charge in [-0.1, -0.05) is 6.92 Å². The van der Waals surface area contributed by atoms with Gasteiger partial charge in [-0.15, -0.1) is 0 Å². The molecular formula is C13H19N5O2. The molecule has 0 saturated carbocycles. The fourth-order valence-electron chi connectivity index (χ4n) is 2.19. The highest BCUT2D eigenvalue weighted by Crippen LogP contribution is 2.15. The Labute approximate surface area is 117 Å². The normalized spacial score (nSPS) is 18.6. The molecule has 1 atom stereocenters. The minimum atomic E-state index is -0.469. The molecule has 7 nitrogen and oxygen atoms in total. The lowest BCUT2D eigenvalue weighted by Gasteiger charge is -2.33. The van der Waals surface area contributed by atoms with Crippen LogP contribution in [0.25, 0.3) is 0 Å². The number of hydrogen-bond donors (Lipinski definition) is 3. The number of nitrogens with one attached hydrogen (secondary N) is 2. The average Bonchev–Trinajstić information content (AvgIpc) is 2.48. The molecule has 0 aliphatic carbocycles. The molecular weight excluding hydrogens is 258 g/mol. The second-order valence-corrected chi connectivity index (χ2v) is 4.70. The molecule has 0 aromatic carbocycles. The number of hydrazine groups is 1. The Bertz CT molecular complexity index is 509. The van der Waals surface area contributed by atoms with E-state index < -0.39 is 6.04 Å². The number of nitrogen functional groups attached to an aromatic ring is 1. The molecule has 0 bridgehead atoms. The van der Waals surface area contributed by atoms with Crippen LogP contribution in [-0.4, -0.2) is 40.8 Å². The molecule has 1 unspecified atom stereocenters. The summed E-state index contributed by atoms with van der Waals surface area (Å²) in [6, 6.07) is 2.87. The van der Waals surface area contributed by atoms with Gasteiger partial charge in [-0.05, 0) is 25.5 Å². The van der Waals surface area contributed by atoms with Gasteiger partial charge in [0.1, 0.15) is 11.9 Å². The van der Waals surface area contributed by atoms with Crippen LogP contribution in [0.4, 0.5) is 5.82 Å². The summed E-state index contributed by atoms with van der Waals surface area (Å²) < 4.78 is 0. The van der Waals surface area contributed by atoms with Gasteiger partial charge in [-0.25, -0.2) is 10.8 Å². The number of carbonyl (C=O) groups is 2. The third kappa shape index (κ3) is 2.72. The van der Waals surface area contributed by atoms with E-state index >= 15 is 0 Å². The first-order valence-electron chi connectivity index (χ1n) is 6.63. The number of carbonyl (C=O) groups excluding carboxylic acids is 2. The monoisotopic (exact) mass is 277 g/mol. The molecule has 1 aliphatic rings. The molecule has 1 saturated heterocycles. The van der Waals surface area contributed by atoms with E-state index in [2.05, 4.69) is 15.7 Å². The first-order chi connectivity index (χ1) is 9.56. The van der Waals surface area contributed by atoms with E-state index in [1.165, 1.54) is 0 Å². The van der Waals surface area contributed by atoms with Crippen LogP contribution < -0.4 is 16.6 Å². The number of anilines is 1. The zero-order chi connectivity index (χ0) is 14.7. The predicted octanol–water partition coefficient (Wildman–Crippen LogP) is -0.110. The summed E-state index contributed by atoms with van der Waals surface area (Å²) in [6.45, 7) is 4.65. The van der Waals surface area contributed by atoms with Gasteiger partial charge in [0.25, 0.3) is 5.91 Å². The van der Waals surface area contributed by atoms with Crippen molar-refractivity contribution in [1.82, 2.24) is 15.2 Å². The average molecular weight is 277 g/mol. The highest BCUT2D eigenvalue weighted by Gasteiger charge is 2.30. The summed E-state index contributed by atoms with van der Waals surface area (Å²) in [7, 11) is 0. The van der Waals surface area contributed by atoms with Crippen molar-refractivity contribution in [3.8, 4) is 0 Å². The molecule has 7 heteroatoms. The SMILES string of the molecule is CCc1cc(C(=O)N2CCNC(=O)C2C)cc(NN)n1. The smallest absolute Gasteiger partial charge is 0.254 e. The fraction of sp³-hybridized carbons (Fsp3) is 0.462. The molecule has 4 N–H and O–H groups in total. The first-order valence-corrected chi connectivity index (χ1v) is 6.63. The van der Waals surface area contributed by atoms with E-state index in [1.54, 1.807) is 24.0 Å². The number of piperazine rings is 1. The largest absolute Gasteiger partial charge is 0.353 e. The highest BCUT2D eigenvalue weighted by molar-refractivity contribution is 5.98. The zero-order valence-corrected chi connectivity index (χ0v) is 11.6. The van der Waals surface area contributed by atoms with E-state index in [-0.39, 0.29) is 11.8 Å². The Morgan fingerprint density at radius 3 is 3.00 bits per heavy atom. The van der Waals surface area contributed by atoms with Crippen molar-refractivity contribution in [3.05, 3.63) is 23.4 Å². The van der Waals surface area contributed by atoms with Gasteiger partial charge in [0, 0.05) is 24.3 Å². The number of nitrogens with two attached hydrogens (primary N) is 1. The molecule has 2 rings (SSSR count). The second-order valence-electron chi connectivity index (χ2n) is 4.70. The first kappa shape index (κ1) is 14.3. The third-order valence-corrected chi connectivity index (χ3v) is 3.40. The van der Waals surface area contributed by atoms with Crippen molar-refractivity contribution in [1.29, 1.82) is 0 Å². The Morgan fingerprint density at radius 1 is 1.60 bits per heavy atom. The van der Waals surface area contributed by atoms with Crippen LogP contribution in [0, 0.1) is 0 Å². The molecule has 0 radical (unpaired) electrons. The fourth-order valence-corrected chi connectivity index (χ4v) is 2.19. The topological polar surface area (TPSA) is 100 Å². The summed E-state index contributed by atoms with van der Waals surface area (Å²) in [5, 5.41) is 2.74. The van der Waals surface area contributed by atoms with Crippen molar-refractivity contribution < 1.29 is 9.59 Å². The van der Waals surface area contributed by atoms with Crippen LogP contribution in [0.1, 0.15) is 29.9 Å². The quantitative estimate of drug-likeness (QED) is 0.529. The molecule has 108 valence electrons. The van der Waals surface area contributed by atoms with Gasteiger partial charge in [0.05, 0.1) is 0 Å². The van der Waals surface area contributed by atoms with Gasteiger partial charge in [0.15, 0.2) is 0 Å². The third-order valence-electron chi connectivity index (χ3n) is 3.40. The number of nitrogens with zero attached hydrogens (tertiary/aromatic N) is 2. The maximum absolute atomic E-state index is 12.5. The number of rotatable bonds is 3. The van der Waals surface area contributed by atoms with Crippen molar-refractivity contribution >= 4 is 17.6 Å². The van der Waals surface area contributed by atoms with E-state index in [0.29, 0.717) is 30.9 Å². The van der Waals surface area contributed by atoms with Crippen molar-refractivity contribution in [2.45, 2.75) is 26.3 Å². The number of pyridine rings is 1. The molecule has 0 spiro atoms. The number of hydrogen-bond acceptors (Lipinski definition) is 5. The highest BCUT2D eigenvalue weighted by atomic mass is 16.2. The van der Waals surface area contributed by atoms with Gasteiger partial charge >= 0.3 is 0 Å².